The molecule has 0 spiro atoms. The molecule has 11 heteroatoms. The zero-order valence-corrected chi connectivity index (χ0v) is 20.8. The highest BCUT2D eigenvalue weighted by atomic mass is 35.5. The highest BCUT2D eigenvalue weighted by Crippen LogP contribution is 2.37. The van der Waals surface area contributed by atoms with E-state index in [1.165, 1.54) is 18.2 Å². The molecule has 0 unspecified atom stereocenters. The number of phenols is 1. The van der Waals surface area contributed by atoms with Crippen molar-refractivity contribution in [1.29, 1.82) is 0 Å². The third-order valence-corrected chi connectivity index (χ3v) is 6.73. The molecule has 1 fully saturated rings. The molecule has 1 aliphatic heterocycles. The number of aromatic hydroxyl groups is 1. The Morgan fingerprint density at radius 2 is 1.59 bits per heavy atom. The lowest BCUT2D eigenvalue weighted by molar-refractivity contribution is -0.123. The first-order valence-corrected chi connectivity index (χ1v) is 11.9. The fraction of sp³-hybridized carbons (Fsp3) is 0.0435. The normalized spacial score (nSPS) is 15.2. The second kappa shape index (κ2) is 10.4. The van der Waals surface area contributed by atoms with Crippen LogP contribution in [0.5, 0.6) is 5.75 Å². The molecule has 34 heavy (non-hydrogen) atoms. The molecule has 0 aliphatic carbocycles. The molecule has 0 radical (unpaired) electrons. The summed E-state index contributed by atoms with van der Waals surface area (Å²) in [5.41, 5.74) is 1.71. The Labute approximate surface area is 218 Å². The summed E-state index contributed by atoms with van der Waals surface area (Å²) in [6.45, 7) is 0.0000948. The van der Waals surface area contributed by atoms with Crippen molar-refractivity contribution in [3.63, 3.8) is 0 Å². The van der Waals surface area contributed by atoms with Crippen LogP contribution in [-0.2, 0) is 11.3 Å². The van der Waals surface area contributed by atoms with Crippen molar-refractivity contribution in [2.45, 2.75) is 6.54 Å². The van der Waals surface area contributed by atoms with Gasteiger partial charge in [0, 0.05) is 20.6 Å². The van der Waals surface area contributed by atoms with Gasteiger partial charge in [-0.1, -0.05) is 52.5 Å². The number of carbonyl (C=O) groups is 2. The molecule has 3 aromatic carbocycles. The number of thioether (sulfide) groups is 1. The highest BCUT2D eigenvalue weighted by Gasteiger charge is 2.35. The summed E-state index contributed by atoms with van der Waals surface area (Å²) in [6.07, 6.45) is 1.43. The lowest BCUT2D eigenvalue weighted by Gasteiger charge is -2.13. The number of hydrogen-bond acceptors (Lipinski definition) is 6. The van der Waals surface area contributed by atoms with Gasteiger partial charge in [0.2, 0.25) is 0 Å². The van der Waals surface area contributed by atoms with Gasteiger partial charge in [-0.15, -0.1) is 5.11 Å². The van der Waals surface area contributed by atoms with Gasteiger partial charge >= 0.3 is 0 Å². The van der Waals surface area contributed by atoms with E-state index in [0.717, 1.165) is 16.7 Å². The Kier molecular flexibility index (Phi) is 7.50. The minimum atomic E-state index is -0.500. The van der Waals surface area contributed by atoms with Crippen LogP contribution in [0.1, 0.15) is 11.1 Å². The number of hydrogen-bond donors (Lipinski definition) is 1. The minimum absolute atomic E-state index is 0.0000948. The van der Waals surface area contributed by atoms with Gasteiger partial charge < -0.3 is 5.11 Å². The Morgan fingerprint density at radius 3 is 2.29 bits per heavy atom. The number of carbonyl (C=O) groups excluding carboxylic acids is 2. The molecular weight excluding hydrogens is 540 g/mol. The van der Waals surface area contributed by atoms with Crippen molar-refractivity contribution in [2.24, 2.45) is 10.2 Å². The molecule has 1 N–H and O–H groups in total. The first kappa shape index (κ1) is 24.6. The van der Waals surface area contributed by atoms with Gasteiger partial charge in [0.1, 0.15) is 11.4 Å². The average molecular weight is 553 g/mol. The van der Waals surface area contributed by atoms with Gasteiger partial charge in [-0.25, -0.2) is 0 Å². The summed E-state index contributed by atoms with van der Waals surface area (Å²) in [4.78, 5) is 26.6. The maximum Gasteiger partial charge on any atom is 0.293 e. The van der Waals surface area contributed by atoms with Crippen LogP contribution < -0.4 is 0 Å². The smallest absolute Gasteiger partial charge is 0.293 e. The molecule has 1 aliphatic rings. The third kappa shape index (κ3) is 5.56. The van der Waals surface area contributed by atoms with Gasteiger partial charge in [0.05, 0.1) is 22.2 Å². The SMILES string of the molecule is O=C1S/C(=C\c2cc(N=Nc3ccc(Cl)cc3Cl)ccc2O)C(=O)N1Cc1ccc(Cl)cc1Cl. The van der Waals surface area contributed by atoms with Crippen molar-refractivity contribution in [2.75, 3.05) is 0 Å². The number of azo groups is 1. The van der Waals surface area contributed by atoms with E-state index in [2.05, 4.69) is 10.2 Å². The zero-order chi connectivity index (χ0) is 24.4. The molecule has 1 saturated heterocycles. The van der Waals surface area contributed by atoms with Gasteiger partial charge in [-0.05, 0) is 71.9 Å². The van der Waals surface area contributed by atoms with Crippen molar-refractivity contribution >= 4 is 86.8 Å². The summed E-state index contributed by atoms with van der Waals surface area (Å²) in [7, 11) is 0. The Morgan fingerprint density at radius 1 is 0.882 bits per heavy atom. The predicted molar refractivity (Wildman–Crippen MR) is 137 cm³/mol. The molecule has 1 heterocycles. The molecule has 172 valence electrons. The minimum Gasteiger partial charge on any atom is -0.507 e. The third-order valence-electron chi connectivity index (χ3n) is 4.70. The van der Waals surface area contributed by atoms with E-state index in [-0.39, 0.29) is 17.2 Å². The predicted octanol–water partition coefficient (Wildman–Crippen LogP) is 8.66. The second-order valence-corrected chi connectivity index (χ2v) is 9.72. The number of nitrogens with zero attached hydrogens (tertiary/aromatic N) is 3. The molecule has 0 saturated carbocycles. The van der Waals surface area contributed by atoms with E-state index in [1.54, 1.807) is 42.5 Å². The summed E-state index contributed by atoms with van der Waals surface area (Å²) in [5.74, 6) is -0.587. The van der Waals surface area contributed by atoms with Crippen molar-refractivity contribution < 1.29 is 14.7 Å². The van der Waals surface area contributed by atoms with Crippen LogP contribution in [0.4, 0.5) is 16.2 Å². The lowest BCUT2D eigenvalue weighted by Crippen LogP contribution is -2.27. The molecule has 0 aromatic heterocycles. The van der Waals surface area contributed by atoms with E-state index < -0.39 is 11.1 Å². The van der Waals surface area contributed by atoms with Crippen LogP contribution in [0.15, 0.2) is 69.7 Å². The summed E-state index contributed by atoms with van der Waals surface area (Å²) in [5, 5.41) is 19.7. The fourth-order valence-electron chi connectivity index (χ4n) is 2.99. The van der Waals surface area contributed by atoms with Crippen molar-refractivity contribution in [3.05, 3.63) is 90.7 Å². The van der Waals surface area contributed by atoms with Crippen LogP contribution in [0.2, 0.25) is 20.1 Å². The Balaban J connectivity index is 1.57. The molecule has 4 rings (SSSR count). The highest BCUT2D eigenvalue weighted by molar-refractivity contribution is 8.18. The van der Waals surface area contributed by atoms with Crippen LogP contribution in [0.25, 0.3) is 6.08 Å². The molecule has 6 nitrogen and oxygen atoms in total. The summed E-state index contributed by atoms with van der Waals surface area (Å²) in [6, 6.07) is 14.1. The van der Waals surface area contributed by atoms with Gasteiger partial charge in [-0.3, -0.25) is 14.5 Å². The average Bonchev–Trinajstić information content (AvgIpc) is 3.04. The van der Waals surface area contributed by atoms with Crippen molar-refractivity contribution in [1.82, 2.24) is 4.90 Å². The Hall–Kier alpha value is -2.55. The van der Waals surface area contributed by atoms with Gasteiger partial charge in [-0.2, -0.15) is 5.11 Å². The van der Waals surface area contributed by atoms with Crippen LogP contribution in [0.3, 0.4) is 0 Å². The van der Waals surface area contributed by atoms with Crippen LogP contribution in [-0.4, -0.2) is 21.2 Å². The van der Waals surface area contributed by atoms with Gasteiger partial charge in [0.25, 0.3) is 11.1 Å². The maximum atomic E-state index is 12.9. The van der Waals surface area contributed by atoms with Crippen molar-refractivity contribution in [3.8, 4) is 5.75 Å². The first-order valence-electron chi connectivity index (χ1n) is 9.60. The summed E-state index contributed by atoms with van der Waals surface area (Å²) < 4.78 is 0. The van der Waals surface area contributed by atoms with Crippen LogP contribution in [0, 0.1) is 0 Å². The largest absolute Gasteiger partial charge is 0.507 e. The quantitative estimate of drug-likeness (QED) is 0.253. The molecule has 0 bridgehead atoms. The van der Waals surface area contributed by atoms with Gasteiger partial charge in [0.15, 0.2) is 0 Å². The number of halogens is 4. The standard InChI is InChI=1S/C23H13Cl4N3O3S/c24-14-2-1-12(17(26)9-14)11-30-22(32)21(34-23(30)33)8-13-7-16(4-6-20(13)31)28-29-19-5-3-15(25)10-18(19)27/h1-10,31H,11H2/b21-8-,29-28?. The fourth-order valence-corrected chi connectivity index (χ4v) is 4.74. The lowest BCUT2D eigenvalue weighted by atomic mass is 10.1. The Bertz CT molecular complexity index is 1380. The molecular formula is C23H13Cl4N3O3S. The molecule has 2 amide bonds. The summed E-state index contributed by atoms with van der Waals surface area (Å²) >= 11 is 24.8. The number of rotatable bonds is 5. The number of benzene rings is 3. The number of imide groups is 1. The molecule has 3 aromatic rings. The zero-order valence-electron chi connectivity index (χ0n) is 17.0. The van der Waals surface area contributed by atoms with Crippen LogP contribution >= 0.6 is 58.2 Å². The maximum absolute atomic E-state index is 12.9. The number of phenolic OH excluding ortho intramolecular Hbond substituents is 1. The van der Waals surface area contributed by atoms with E-state index in [0.29, 0.717) is 42.6 Å². The van der Waals surface area contributed by atoms with E-state index >= 15 is 0 Å². The first-order chi connectivity index (χ1) is 16.2. The van der Waals surface area contributed by atoms with E-state index in [4.69, 9.17) is 46.4 Å². The molecule has 0 atom stereocenters. The topological polar surface area (TPSA) is 82.3 Å². The monoisotopic (exact) mass is 551 g/mol. The van der Waals surface area contributed by atoms with E-state index in [9.17, 15) is 14.7 Å². The van der Waals surface area contributed by atoms with E-state index in [1.807, 2.05) is 0 Å². The second-order valence-electron chi connectivity index (χ2n) is 7.04. The number of amides is 2.